The molecule has 4 aliphatic carbocycles. The smallest absolute Gasteiger partial charge is 0.244 e. The maximum Gasteiger partial charge on any atom is 0.244 e. The van der Waals surface area contributed by atoms with Crippen LogP contribution in [0.1, 0.15) is 50.0 Å². The number of furan rings is 2. The summed E-state index contributed by atoms with van der Waals surface area (Å²) >= 11 is 0. The molecular formula is C26H30N2O4. The van der Waals surface area contributed by atoms with E-state index >= 15 is 0 Å². The molecule has 0 radical (unpaired) electrons. The molecule has 4 bridgehead atoms. The summed E-state index contributed by atoms with van der Waals surface area (Å²) < 4.78 is 10.5. The number of rotatable bonds is 8. The van der Waals surface area contributed by atoms with Crippen molar-refractivity contribution in [3.05, 3.63) is 60.5 Å². The molecule has 4 fully saturated rings. The SMILES string of the molecule is O=C(/C=C\c1ccco1)NCC12CC3CC(C1)CC(CNC(=O)/C=C/c1ccco1)(C3)C2. The molecule has 2 amide bonds. The van der Waals surface area contributed by atoms with Gasteiger partial charge in [-0.2, -0.15) is 0 Å². The Labute approximate surface area is 188 Å². The molecule has 0 spiro atoms. The highest BCUT2D eigenvalue weighted by molar-refractivity contribution is 5.91. The number of amides is 2. The molecule has 168 valence electrons. The van der Waals surface area contributed by atoms with E-state index in [9.17, 15) is 9.59 Å². The highest BCUT2D eigenvalue weighted by Gasteiger charge is 2.57. The van der Waals surface area contributed by atoms with Crippen LogP contribution in [0, 0.1) is 22.7 Å². The molecule has 0 aromatic carbocycles. The van der Waals surface area contributed by atoms with Crippen molar-refractivity contribution in [2.24, 2.45) is 22.7 Å². The molecule has 2 heterocycles. The average Bonchev–Trinajstić information content (AvgIpc) is 3.47. The van der Waals surface area contributed by atoms with Crippen LogP contribution < -0.4 is 10.6 Å². The van der Waals surface area contributed by atoms with E-state index in [0.29, 0.717) is 36.4 Å². The first-order valence-corrected chi connectivity index (χ1v) is 11.5. The third-order valence-electron chi connectivity index (χ3n) is 7.46. The number of hydrogen-bond donors (Lipinski definition) is 2. The number of carbonyl (C=O) groups is 2. The van der Waals surface area contributed by atoms with Crippen LogP contribution in [0.15, 0.2) is 57.8 Å². The van der Waals surface area contributed by atoms with Gasteiger partial charge >= 0.3 is 0 Å². The molecule has 6 heteroatoms. The molecular weight excluding hydrogens is 404 g/mol. The van der Waals surface area contributed by atoms with Gasteiger partial charge in [0.2, 0.25) is 11.8 Å². The number of hydrogen-bond acceptors (Lipinski definition) is 4. The predicted octanol–water partition coefficient (Wildman–Crippen LogP) is 4.42. The largest absolute Gasteiger partial charge is 0.465 e. The maximum atomic E-state index is 12.4. The van der Waals surface area contributed by atoms with E-state index in [2.05, 4.69) is 10.6 Å². The van der Waals surface area contributed by atoms with Crippen LogP contribution >= 0.6 is 0 Å². The van der Waals surface area contributed by atoms with E-state index in [1.165, 1.54) is 32.1 Å². The van der Waals surface area contributed by atoms with E-state index in [4.69, 9.17) is 8.83 Å². The van der Waals surface area contributed by atoms with Gasteiger partial charge < -0.3 is 19.5 Å². The van der Waals surface area contributed by atoms with E-state index in [1.807, 2.05) is 12.1 Å². The van der Waals surface area contributed by atoms with Gasteiger partial charge in [-0.15, -0.1) is 0 Å². The molecule has 6 nitrogen and oxygen atoms in total. The van der Waals surface area contributed by atoms with Crippen LogP contribution in [-0.4, -0.2) is 24.9 Å². The minimum atomic E-state index is -0.0810. The summed E-state index contributed by atoms with van der Waals surface area (Å²) in [4.78, 5) is 24.8. The summed E-state index contributed by atoms with van der Waals surface area (Å²) in [5.41, 5.74) is 0.292. The predicted molar refractivity (Wildman–Crippen MR) is 121 cm³/mol. The number of carbonyl (C=O) groups excluding carboxylic acids is 2. The summed E-state index contributed by atoms with van der Waals surface area (Å²) in [7, 11) is 0. The molecule has 4 saturated carbocycles. The third-order valence-corrected chi connectivity index (χ3v) is 7.46. The Bertz CT molecular complexity index is 911. The van der Waals surface area contributed by atoms with Crippen molar-refractivity contribution in [3.8, 4) is 0 Å². The fourth-order valence-electron chi connectivity index (χ4n) is 6.82. The molecule has 0 aliphatic heterocycles. The van der Waals surface area contributed by atoms with Gasteiger partial charge in [0.1, 0.15) is 11.5 Å². The lowest BCUT2D eigenvalue weighted by Gasteiger charge is -2.62. The van der Waals surface area contributed by atoms with Crippen LogP contribution in [0.3, 0.4) is 0 Å². The summed E-state index contributed by atoms with van der Waals surface area (Å²) in [6.07, 6.45) is 16.8. The molecule has 6 rings (SSSR count). The van der Waals surface area contributed by atoms with Gasteiger partial charge in [0.15, 0.2) is 0 Å². The molecule has 2 aromatic rings. The van der Waals surface area contributed by atoms with Crippen molar-refractivity contribution in [3.63, 3.8) is 0 Å². The lowest BCUT2D eigenvalue weighted by atomic mass is 9.44. The van der Waals surface area contributed by atoms with E-state index in [-0.39, 0.29) is 22.6 Å². The minimum Gasteiger partial charge on any atom is -0.465 e. The maximum absolute atomic E-state index is 12.4. The van der Waals surface area contributed by atoms with Crippen molar-refractivity contribution in [2.45, 2.75) is 38.5 Å². The fourth-order valence-corrected chi connectivity index (χ4v) is 6.82. The second-order valence-electron chi connectivity index (χ2n) is 10.1. The highest BCUT2D eigenvalue weighted by Crippen LogP contribution is 2.64. The van der Waals surface area contributed by atoms with Gasteiger partial charge in [0.05, 0.1) is 12.5 Å². The third kappa shape index (κ3) is 4.59. The summed E-state index contributed by atoms with van der Waals surface area (Å²) in [5.74, 6) is 2.58. The second-order valence-corrected chi connectivity index (χ2v) is 10.1. The van der Waals surface area contributed by atoms with Gasteiger partial charge in [0, 0.05) is 25.2 Å². The average molecular weight is 435 g/mol. The molecule has 2 atom stereocenters. The van der Waals surface area contributed by atoms with E-state index in [0.717, 1.165) is 6.42 Å². The monoisotopic (exact) mass is 434 g/mol. The molecule has 4 aliphatic rings. The van der Waals surface area contributed by atoms with Gasteiger partial charge in [0.25, 0.3) is 0 Å². The number of nitrogens with one attached hydrogen (secondary N) is 2. The standard InChI is InChI=1S/C26H30N2O4/c29-23(7-5-21-3-1-9-31-21)27-17-25-12-19-11-20(13-25)15-26(14-19,16-25)18-28-24(30)8-6-22-4-2-10-32-22/h1-10,19-20H,11-18H2,(H,27,29)(H,28,30)/b7-5-,8-6+. The Morgan fingerprint density at radius 1 is 0.844 bits per heavy atom. The topological polar surface area (TPSA) is 84.5 Å². The van der Waals surface area contributed by atoms with Crippen LogP contribution in [-0.2, 0) is 9.59 Å². The van der Waals surface area contributed by atoms with Crippen LogP contribution in [0.2, 0.25) is 0 Å². The van der Waals surface area contributed by atoms with E-state index in [1.54, 1.807) is 49.0 Å². The first kappa shape index (κ1) is 20.9. The van der Waals surface area contributed by atoms with Crippen molar-refractivity contribution in [1.82, 2.24) is 10.6 Å². The van der Waals surface area contributed by atoms with Crippen LogP contribution in [0.25, 0.3) is 12.2 Å². The van der Waals surface area contributed by atoms with Crippen molar-refractivity contribution >= 4 is 24.0 Å². The quantitative estimate of drug-likeness (QED) is 0.603. The van der Waals surface area contributed by atoms with Crippen LogP contribution in [0.4, 0.5) is 0 Å². The Hall–Kier alpha value is -3.02. The molecule has 32 heavy (non-hydrogen) atoms. The molecule has 2 unspecified atom stereocenters. The summed E-state index contributed by atoms with van der Waals surface area (Å²) in [6, 6.07) is 7.26. The molecule has 0 saturated heterocycles. The first-order chi connectivity index (χ1) is 15.5. The molecule has 2 N–H and O–H groups in total. The second kappa shape index (κ2) is 8.49. The van der Waals surface area contributed by atoms with Crippen LogP contribution in [0.5, 0.6) is 0 Å². The zero-order valence-corrected chi connectivity index (χ0v) is 18.2. The fraction of sp³-hybridized carbons (Fsp3) is 0.462. The van der Waals surface area contributed by atoms with Gasteiger partial charge in [-0.25, -0.2) is 0 Å². The first-order valence-electron chi connectivity index (χ1n) is 11.5. The Balaban J connectivity index is 1.19. The lowest BCUT2D eigenvalue weighted by molar-refractivity contribution is -0.127. The Morgan fingerprint density at radius 2 is 1.31 bits per heavy atom. The Morgan fingerprint density at radius 3 is 1.72 bits per heavy atom. The molecule has 2 aromatic heterocycles. The normalized spacial score (nSPS) is 30.9. The zero-order chi connectivity index (χ0) is 22.0. The highest BCUT2D eigenvalue weighted by atomic mass is 16.3. The lowest BCUT2D eigenvalue weighted by Crippen LogP contribution is -2.58. The minimum absolute atomic E-state index is 0.0810. The van der Waals surface area contributed by atoms with Gasteiger partial charge in [-0.05, 0) is 97.6 Å². The Kier molecular flexibility index (Phi) is 5.53. The zero-order valence-electron chi connectivity index (χ0n) is 18.2. The summed E-state index contributed by atoms with van der Waals surface area (Å²) in [5, 5.41) is 6.29. The summed E-state index contributed by atoms with van der Waals surface area (Å²) in [6.45, 7) is 1.41. The van der Waals surface area contributed by atoms with Gasteiger partial charge in [-0.3, -0.25) is 9.59 Å². The van der Waals surface area contributed by atoms with Crippen molar-refractivity contribution in [2.75, 3.05) is 13.1 Å². The van der Waals surface area contributed by atoms with Crippen molar-refractivity contribution in [1.29, 1.82) is 0 Å². The van der Waals surface area contributed by atoms with E-state index < -0.39 is 0 Å². The van der Waals surface area contributed by atoms with Crippen molar-refractivity contribution < 1.29 is 18.4 Å². The van der Waals surface area contributed by atoms with Gasteiger partial charge in [-0.1, -0.05) is 0 Å².